The maximum atomic E-state index is 13.3. The third-order valence-corrected chi connectivity index (χ3v) is 2.91. The lowest BCUT2D eigenvalue weighted by Gasteiger charge is -2.17. The van der Waals surface area contributed by atoms with Gasteiger partial charge in [-0.2, -0.15) is 0 Å². The molecule has 0 spiro atoms. The number of rotatable bonds is 5. The SMILES string of the molecule is COc1cc(SS)ccc1OCC(C)(C)F. The largest absolute Gasteiger partial charge is 0.493 e. The highest BCUT2D eigenvalue weighted by Crippen LogP contribution is 2.33. The van der Waals surface area contributed by atoms with Gasteiger partial charge >= 0.3 is 0 Å². The molecule has 0 N–H and O–H groups in total. The maximum absolute atomic E-state index is 13.3. The molecule has 1 aromatic rings. The van der Waals surface area contributed by atoms with Crippen molar-refractivity contribution in [3.8, 4) is 11.5 Å². The molecule has 0 aliphatic heterocycles. The van der Waals surface area contributed by atoms with E-state index in [4.69, 9.17) is 9.47 Å². The zero-order chi connectivity index (χ0) is 12.2. The van der Waals surface area contributed by atoms with Crippen LogP contribution in [0.25, 0.3) is 0 Å². The van der Waals surface area contributed by atoms with Crippen molar-refractivity contribution in [1.29, 1.82) is 0 Å². The van der Waals surface area contributed by atoms with E-state index in [9.17, 15) is 4.39 Å². The zero-order valence-electron chi connectivity index (χ0n) is 9.49. The maximum Gasteiger partial charge on any atom is 0.161 e. The number of ether oxygens (including phenoxy) is 2. The third kappa shape index (κ3) is 4.14. The zero-order valence-corrected chi connectivity index (χ0v) is 11.2. The van der Waals surface area contributed by atoms with E-state index in [1.807, 2.05) is 6.07 Å². The fourth-order valence-corrected chi connectivity index (χ4v) is 1.70. The highest BCUT2D eigenvalue weighted by atomic mass is 33.1. The molecule has 0 fully saturated rings. The Labute approximate surface area is 104 Å². The fourth-order valence-electron chi connectivity index (χ4n) is 1.07. The van der Waals surface area contributed by atoms with Crippen LogP contribution in [0.3, 0.4) is 0 Å². The summed E-state index contributed by atoms with van der Waals surface area (Å²) in [5.74, 6) is 1.13. The monoisotopic (exact) mass is 262 g/mol. The van der Waals surface area contributed by atoms with Gasteiger partial charge < -0.3 is 9.47 Å². The van der Waals surface area contributed by atoms with E-state index in [0.717, 1.165) is 4.90 Å². The average Bonchev–Trinajstić information content (AvgIpc) is 2.25. The topological polar surface area (TPSA) is 18.5 Å². The summed E-state index contributed by atoms with van der Waals surface area (Å²) in [6, 6.07) is 5.40. The van der Waals surface area contributed by atoms with Crippen molar-refractivity contribution in [3.63, 3.8) is 0 Å². The van der Waals surface area contributed by atoms with Crippen LogP contribution in [0.2, 0.25) is 0 Å². The van der Waals surface area contributed by atoms with E-state index in [-0.39, 0.29) is 6.61 Å². The Morgan fingerprint density at radius 1 is 1.38 bits per heavy atom. The Hall–Kier alpha value is -0.550. The Bertz CT molecular complexity index is 350. The van der Waals surface area contributed by atoms with Crippen molar-refractivity contribution in [1.82, 2.24) is 0 Å². The minimum absolute atomic E-state index is 0.00325. The summed E-state index contributed by atoms with van der Waals surface area (Å²) >= 11 is 4.09. The van der Waals surface area contributed by atoms with Gasteiger partial charge in [-0.3, -0.25) is 0 Å². The number of methoxy groups -OCH3 is 1. The van der Waals surface area contributed by atoms with Gasteiger partial charge in [0.2, 0.25) is 0 Å². The Kier molecular flexibility index (Phi) is 4.80. The first-order valence-electron chi connectivity index (χ1n) is 4.77. The van der Waals surface area contributed by atoms with Crippen molar-refractivity contribution >= 4 is 22.5 Å². The van der Waals surface area contributed by atoms with Gasteiger partial charge in [0.25, 0.3) is 0 Å². The predicted molar refractivity (Wildman–Crippen MR) is 68.5 cm³/mol. The van der Waals surface area contributed by atoms with E-state index < -0.39 is 5.67 Å². The molecule has 16 heavy (non-hydrogen) atoms. The average molecular weight is 262 g/mol. The van der Waals surface area contributed by atoms with Crippen LogP contribution in [0, 0.1) is 0 Å². The van der Waals surface area contributed by atoms with Crippen LogP contribution in [0.1, 0.15) is 13.8 Å². The van der Waals surface area contributed by atoms with Crippen LogP contribution in [-0.4, -0.2) is 19.4 Å². The first kappa shape index (κ1) is 13.5. The van der Waals surface area contributed by atoms with Gasteiger partial charge in [0, 0.05) is 4.90 Å². The van der Waals surface area contributed by atoms with Gasteiger partial charge in [0.05, 0.1) is 7.11 Å². The molecular weight excluding hydrogens is 247 g/mol. The minimum Gasteiger partial charge on any atom is -0.493 e. The minimum atomic E-state index is -1.36. The number of hydrogen-bond donors (Lipinski definition) is 1. The first-order chi connectivity index (χ1) is 7.46. The van der Waals surface area contributed by atoms with E-state index in [0.29, 0.717) is 11.5 Å². The second-order valence-corrected chi connectivity index (χ2v) is 5.11. The van der Waals surface area contributed by atoms with Crippen LogP contribution in [0.5, 0.6) is 11.5 Å². The summed E-state index contributed by atoms with van der Waals surface area (Å²) in [7, 11) is 2.87. The lowest BCUT2D eigenvalue weighted by atomic mass is 10.2. The molecule has 0 atom stereocenters. The second kappa shape index (κ2) is 5.68. The quantitative estimate of drug-likeness (QED) is 0.644. The molecule has 0 aliphatic rings. The molecule has 0 saturated carbocycles. The summed E-state index contributed by atoms with van der Waals surface area (Å²) in [4.78, 5) is 0.951. The normalized spacial score (nSPS) is 11.3. The third-order valence-electron chi connectivity index (χ3n) is 1.81. The van der Waals surface area contributed by atoms with E-state index >= 15 is 0 Å². The van der Waals surface area contributed by atoms with Gasteiger partial charge in [0.15, 0.2) is 11.5 Å². The predicted octanol–water partition coefficient (Wildman–Crippen LogP) is 3.76. The van der Waals surface area contributed by atoms with Crippen molar-refractivity contribution in [2.45, 2.75) is 24.4 Å². The molecule has 0 radical (unpaired) electrons. The van der Waals surface area contributed by atoms with Crippen LogP contribution < -0.4 is 9.47 Å². The number of halogens is 1. The smallest absolute Gasteiger partial charge is 0.161 e. The molecule has 2 nitrogen and oxygen atoms in total. The van der Waals surface area contributed by atoms with Crippen LogP contribution in [-0.2, 0) is 0 Å². The molecule has 0 saturated heterocycles. The molecule has 5 heteroatoms. The standard InChI is InChI=1S/C11H15FO2S2/c1-11(2,12)7-14-9-5-4-8(16-15)6-10(9)13-3/h4-6,15H,7H2,1-3H3. The van der Waals surface area contributed by atoms with Crippen LogP contribution >= 0.6 is 22.5 Å². The summed E-state index contributed by atoms with van der Waals surface area (Å²) in [6.07, 6.45) is 0. The Morgan fingerprint density at radius 3 is 2.56 bits per heavy atom. The molecule has 0 heterocycles. The van der Waals surface area contributed by atoms with Gasteiger partial charge in [0.1, 0.15) is 12.3 Å². The Morgan fingerprint density at radius 2 is 2.06 bits per heavy atom. The van der Waals surface area contributed by atoms with Gasteiger partial charge in [-0.25, -0.2) is 4.39 Å². The molecule has 0 unspecified atom stereocenters. The molecule has 0 aliphatic carbocycles. The lowest BCUT2D eigenvalue weighted by molar-refractivity contribution is 0.118. The highest BCUT2D eigenvalue weighted by molar-refractivity contribution is 8.68. The molecular formula is C11H15FO2S2. The van der Waals surface area contributed by atoms with Crippen LogP contribution in [0.4, 0.5) is 4.39 Å². The van der Waals surface area contributed by atoms with Gasteiger partial charge in [-0.1, -0.05) is 10.8 Å². The molecule has 1 rings (SSSR count). The van der Waals surface area contributed by atoms with E-state index in [2.05, 4.69) is 11.7 Å². The summed E-state index contributed by atoms with van der Waals surface area (Å²) in [5, 5.41) is 0. The number of alkyl halides is 1. The highest BCUT2D eigenvalue weighted by Gasteiger charge is 2.17. The number of thiol groups is 1. The molecule has 0 aromatic heterocycles. The van der Waals surface area contributed by atoms with E-state index in [1.54, 1.807) is 19.2 Å². The molecule has 0 bridgehead atoms. The Balaban J connectivity index is 2.79. The number of hydrogen-bond acceptors (Lipinski definition) is 4. The molecule has 0 amide bonds. The van der Waals surface area contributed by atoms with Crippen molar-refractivity contribution in [3.05, 3.63) is 18.2 Å². The number of benzene rings is 1. The lowest BCUT2D eigenvalue weighted by Crippen LogP contribution is -2.22. The molecule has 90 valence electrons. The van der Waals surface area contributed by atoms with Crippen molar-refractivity contribution < 1.29 is 13.9 Å². The fraction of sp³-hybridized carbons (Fsp3) is 0.455. The van der Waals surface area contributed by atoms with Crippen molar-refractivity contribution in [2.75, 3.05) is 13.7 Å². The van der Waals surface area contributed by atoms with Crippen molar-refractivity contribution in [2.24, 2.45) is 0 Å². The molecule has 1 aromatic carbocycles. The van der Waals surface area contributed by atoms with E-state index in [1.165, 1.54) is 24.6 Å². The summed E-state index contributed by atoms with van der Waals surface area (Å²) in [6.45, 7) is 2.94. The van der Waals surface area contributed by atoms with Gasteiger partial charge in [-0.05, 0) is 32.0 Å². The summed E-state index contributed by atoms with van der Waals surface area (Å²) in [5.41, 5.74) is -1.36. The van der Waals surface area contributed by atoms with Gasteiger partial charge in [-0.15, -0.1) is 11.7 Å². The first-order valence-corrected chi connectivity index (χ1v) is 6.64. The van der Waals surface area contributed by atoms with Crippen LogP contribution in [0.15, 0.2) is 23.1 Å². The summed E-state index contributed by atoms with van der Waals surface area (Å²) < 4.78 is 23.8. The second-order valence-electron chi connectivity index (χ2n) is 3.91.